The van der Waals surface area contributed by atoms with E-state index in [9.17, 15) is 14.7 Å². The number of hydrogen-bond acceptors (Lipinski definition) is 4. The maximum Gasteiger partial charge on any atom is 0.412 e. The number of aliphatic carboxylic acids is 1. The zero-order valence-corrected chi connectivity index (χ0v) is 13.5. The minimum Gasteiger partial charge on any atom is -0.478 e. The number of benzene rings is 2. The number of nitrogens with zero attached hydrogens (tertiary/aromatic N) is 2. The van der Waals surface area contributed by atoms with Gasteiger partial charge in [0.1, 0.15) is 0 Å². The van der Waals surface area contributed by atoms with Crippen LogP contribution in [0.4, 0.5) is 10.5 Å². The number of aromatic nitrogens is 2. The Morgan fingerprint density at radius 2 is 2.04 bits per heavy atom. The first-order valence-electron chi connectivity index (χ1n) is 7.71. The van der Waals surface area contributed by atoms with Crippen molar-refractivity contribution in [3.63, 3.8) is 0 Å². The molecule has 1 heterocycles. The quantitative estimate of drug-likeness (QED) is 0.745. The Hall–Kier alpha value is -3.35. The SMILES string of the molecule is Cc1ccc2ccccc2c1NC(=O)OC(Cn1cccn1)C(=O)O. The van der Waals surface area contributed by atoms with Gasteiger partial charge in [-0.1, -0.05) is 36.4 Å². The molecule has 1 atom stereocenters. The van der Waals surface area contributed by atoms with Crippen LogP contribution in [0.2, 0.25) is 0 Å². The highest BCUT2D eigenvalue weighted by molar-refractivity contribution is 6.01. The molecule has 128 valence electrons. The van der Waals surface area contributed by atoms with Gasteiger partial charge in [0, 0.05) is 17.8 Å². The Kier molecular flexibility index (Phi) is 4.65. The molecule has 0 fully saturated rings. The number of hydrogen-bond donors (Lipinski definition) is 2. The predicted molar refractivity (Wildman–Crippen MR) is 92.4 cm³/mol. The average molecular weight is 339 g/mol. The molecule has 1 unspecified atom stereocenters. The molecule has 2 aromatic carbocycles. The van der Waals surface area contributed by atoms with Gasteiger partial charge in [0.05, 0.1) is 12.2 Å². The van der Waals surface area contributed by atoms with Gasteiger partial charge in [0.2, 0.25) is 6.10 Å². The molecule has 0 aliphatic heterocycles. The van der Waals surface area contributed by atoms with Crippen molar-refractivity contribution in [2.75, 3.05) is 5.32 Å². The number of nitrogens with one attached hydrogen (secondary N) is 1. The summed E-state index contributed by atoms with van der Waals surface area (Å²) in [5.41, 5.74) is 1.46. The van der Waals surface area contributed by atoms with Crippen molar-refractivity contribution in [2.45, 2.75) is 19.6 Å². The Bertz CT molecular complexity index is 906. The number of carbonyl (C=O) groups is 2. The Labute approximate surface area is 143 Å². The van der Waals surface area contributed by atoms with Crippen molar-refractivity contribution in [3.05, 3.63) is 60.4 Å². The minimum atomic E-state index is -1.34. The number of rotatable bonds is 5. The highest BCUT2D eigenvalue weighted by atomic mass is 16.6. The molecule has 3 rings (SSSR count). The van der Waals surface area contributed by atoms with E-state index in [1.54, 1.807) is 12.3 Å². The zero-order valence-electron chi connectivity index (χ0n) is 13.5. The van der Waals surface area contributed by atoms with Crippen LogP contribution in [0.5, 0.6) is 0 Å². The van der Waals surface area contributed by atoms with Crippen LogP contribution in [0.15, 0.2) is 54.9 Å². The topological polar surface area (TPSA) is 93.5 Å². The summed E-state index contributed by atoms with van der Waals surface area (Å²) in [6.07, 6.45) is 0.971. The van der Waals surface area contributed by atoms with Crippen LogP contribution >= 0.6 is 0 Å². The fourth-order valence-corrected chi connectivity index (χ4v) is 2.55. The van der Waals surface area contributed by atoms with Gasteiger partial charge in [-0.3, -0.25) is 10.00 Å². The molecule has 0 saturated carbocycles. The van der Waals surface area contributed by atoms with Gasteiger partial charge in [-0.05, 0) is 23.9 Å². The molecule has 25 heavy (non-hydrogen) atoms. The number of amides is 1. The van der Waals surface area contributed by atoms with Crippen molar-refractivity contribution in [3.8, 4) is 0 Å². The van der Waals surface area contributed by atoms with E-state index in [2.05, 4.69) is 10.4 Å². The second-order valence-electron chi connectivity index (χ2n) is 5.56. The molecule has 7 heteroatoms. The molecule has 0 aliphatic carbocycles. The maximum absolute atomic E-state index is 12.2. The predicted octanol–water partition coefficient (Wildman–Crippen LogP) is 3.05. The molecule has 0 spiro atoms. The number of ether oxygens (including phenoxy) is 1. The minimum absolute atomic E-state index is 0.0652. The number of aryl methyl sites for hydroxylation is 1. The van der Waals surface area contributed by atoms with Crippen LogP contribution in [0.1, 0.15) is 5.56 Å². The number of carboxylic acids is 1. The Morgan fingerprint density at radius 1 is 1.24 bits per heavy atom. The molecule has 7 nitrogen and oxygen atoms in total. The van der Waals surface area contributed by atoms with Gasteiger partial charge < -0.3 is 9.84 Å². The van der Waals surface area contributed by atoms with Crippen molar-refractivity contribution in [1.82, 2.24) is 9.78 Å². The third kappa shape index (κ3) is 3.77. The van der Waals surface area contributed by atoms with Gasteiger partial charge in [-0.25, -0.2) is 9.59 Å². The Balaban J connectivity index is 1.77. The van der Waals surface area contributed by atoms with E-state index >= 15 is 0 Å². The Morgan fingerprint density at radius 3 is 2.76 bits per heavy atom. The van der Waals surface area contributed by atoms with E-state index < -0.39 is 18.2 Å². The van der Waals surface area contributed by atoms with Crippen molar-refractivity contribution in [2.24, 2.45) is 0 Å². The monoisotopic (exact) mass is 339 g/mol. The van der Waals surface area contributed by atoms with Crippen molar-refractivity contribution >= 4 is 28.5 Å². The van der Waals surface area contributed by atoms with Crippen LogP contribution in [0.3, 0.4) is 0 Å². The lowest BCUT2D eigenvalue weighted by Crippen LogP contribution is -2.33. The van der Waals surface area contributed by atoms with Gasteiger partial charge in [0.25, 0.3) is 0 Å². The third-order valence-corrected chi connectivity index (χ3v) is 3.80. The van der Waals surface area contributed by atoms with Crippen molar-refractivity contribution < 1.29 is 19.4 Å². The molecule has 1 amide bonds. The van der Waals surface area contributed by atoms with E-state index in [1.807, 2.05) is 43.3 Å². The molecule has 0 saturated heterocycles. The summed E-state index contributed by atoms with van der Waals surface area (Å²) in [6, 6.07) is 13.1. The summed E-state index contributed by atoms with van der Waals surface area (Å²) in [7, 11) is 0. The number of carboxylic acid groups (broad SMARTS) is 1. The molecule has 3 aromatic rings. The fourth-order valence-electron chi connectivity index (χ4n) is 2.55. The van der Waals surface area contributed by atoms with Gasteiger partial charge in [0.15, 0.2) is 0 Å². The largest absolute Gasteiger partial charge is 0.478 e. The lowest BCUT2D eigenvalue weighted by Gasteiger charge is -2.16. The fraction of sp³-hybridized carbons (Fsp3) is 0.167. The van der Waals surface area contributed by atoms with Crippen LogP contribution in [0, 0.1) is 6.92 Å². The number of anilines is 1. The zero-order chi connectivity index (χ0) is 17.8. The van der Waals surface area contributed by atoms with Crippen LogP contribution in [-0.4, -0.2) is 33.1 Å². The first-order chi connectivity index (χ1) is 12.0. The summed E-state index contributed by atoms with van der Waals surface area (Å²) in [4.78, 5) is 23.6. The second kappa shape index (κ2) is 7.04. The maximum atomic E-state index is 12.2. The van der Waals surface area contributed by atoms with Crippen LogP contribution in [0.25, 0.3) is 10.8 Å². The lowest BCUT2D eigenvalue weighted by atomic mass is 10.0. The summed E-state index contributed by atoms with van der Waals surface area (Å²) < 4.78 is 6.48. The van der Waals surface area contributed by atoms with E-state index in [4.69, 9.17) is 4.74 Å². The average Bonchev–Trinajstić information content (AvgIpc) is 3.10. The molecule has 0 aliphatic rings. The summed E-state index contributed by atoms with van der Waals surface area (Å²) in [5, 5.41) is 17.7. The second-order valence-corrected chi connectivity index (χ2v) is 5.56. The standard InChI is InChI=1S/C18H17N3O4/c1-12-7-8-13-5-2-3-6-14(13)16(12)20-18(24)25-15(17(22)23)11-21-10-4-9-19-21/h2-10,15H,11H2,1H3,(H,20,24)(H,22,23). The van der Waals surface area contributed by atoms with Gasteiger partial charge >= 0.3 is 12.1 Å². The molecule has 1 aromatic heterocycles. The summed E-state index contributed by atoms with van der Waals surface area (Å²) >= 11 is 0. The first kappa shape index (κ1) is 16.5. The normalized spacial score (nSPS) is 11.9. The molecule has 0 radical (unpaired) electrons. The van der Waals surface area contributed by atoms with Crippen LogP contribution < -0.4 is 5.32 Å². The highest BCUT2D eigenvalue weighted by Gasteiger charge is 2.23. The first-order valence-corrected chi connectivity index (χ1v) is 7.71. The number of carbonyl (C=O) groups excluding carboxylic acids is 1. The van der Waals surface area contributed by atoms with Crippen molar-refractivity contribution in [1.29, 1.82) is 0 Å². The summed E-state index contributed by atoms with van der Waals surface area (Å²) in [6.45, 7) is 1.80. The van der Waals surface area contributed by atoms with Gasteiger partial charge in [-0.2, -0.15) is 5.10 Å². The van der Waals surface area contributed by atoms with Gasteiger partial charge in [-0.15, -0.1) is 0 Å². The smallest absolute Gasteiger partial charge is 0.412 e. The lowest BCUT2D eigenvalue weighted by molar-refractivity contribution is -0.147. The van der Waals surface area contributed by atoms with E-state index in [1.165, 1.54) is 10.9 Å². The summed E-state index contributed by atoms with van der Waals surface area (Å²) in [5.74, 6) is -1.24. The molecular formula is C18H17N3O4. The highest BCUT2D eigenvalue weighted by Crippen LogP contribution is 2.27. The third-order valence-electron chi connectivity index (χ3n) is 3.80. The molecular weight excluding hydrogens is 322 g/mol. The van der Waals surface area contributed by atoms with Crippen LogP contribution in [-0.2, 0) is 16.1 Å². The van der Waals surface area contributed by atoms with E-state index in [-0.39, 0.29) is 6.54 Å². The number of fused-ring (bicyclic) bond motifs is 1. The molecule has 0 bridgehead atoms. The molecule has 2 N–H and O–H groups in total. The van der Waals surface area contributed by atoms with E-state index in [0.717, 1.165) is 16.3 Å². The van der Waals surface area contributed by atoms with E-state index in [0.29, 0.717) is 5.69 Å².